The van der Waals surface area contributed by atoms with E-state index in [2.05, 4.69) is 4.90 Å². The highest BCUT2D eigenvalue weighted by molar-refractivity contribution is 5.73. The molecule has 1 atom stereocenters. The number of carbonyl (C=O) groups is 1. The van der Waals surface area contributed by atoms with E-state index in [9.17, 15) is 4.79 Å². The second kappa shape index (κ2) is 4.72. The summed E-state index contributed by atoms with van der Waals surface area (Å²) in [6.45, 7) is 2.20. The normalized spacial score (nSPS) is 26.3. The zero-order valence-corrected chi connectivity index (χ0v) is 9.95. The zero-order chi connectivity index (χ0) is 11.6. The lowest BCUT2D eigenvalue weighted by Crippen LogP contribution is -2.63. The van der Waals surface area contributed by atoms with Gasteiger partial charge in [0.25, 0.3) is 0 Å². The van der Waals surface area contributed by atoms with Crippen molar-refractivity contribution < 1.29 is 14.6 Å². The summed E-state index contributed by atoms with van der Waals surface area (Å²) in [7, 11) is 1.56. The summed E-state index contributed by atoms with van der Waals surface area (Å²) in [5.74, 6) is -0.757. The van der Waals surface area contributed by atoms with Gasteiger partial charge in [0.2, 0.25) is 0 Å². The number of carboxylic acids is 1. The fourth-order valence-electron chi connectivity index (χ4n) is 3.14. The molecule has 2 fully saturated rings. The van der Waals surface area contributed by atoms with E-state index in [-0.39, 0.29) is 0 Å². The fourth-order valence-corrected chi connectivity index (χ4v) is 3.14. The third kappa shape index (κ3) is 2.23. The molecule has 92 valence electrons. The summed E-state index contributed by atoms with van der Waals surface area (Å²) >= 11 is 0. The molecule has 2 aliphatic rings. The number of hydrogen-bond donors (Lipinski definition) is 1. The minimum Gasteiger partial charge on any atom is -0.480 e. The largest absolute Gasteiger partial charge is 0.480 e. The van der Waals surface area contributed by atoms with Crippen LogP contribution >= 0.6 is 0 Å². The van der Waals surface area contributed by atoms with Gasteiger partial charge in [-0.1, -0.05) is 19.3 Å². The van der Waals surface area contributed by atoms with E-state index < -0.39 is 12.0 Å². The Kier molecular flexibility index (Phi) is 3.50. The second-order valence-corrected chi connectivity index (χ2v) is 5.28. The van der Waals surface area contributed by atoms with Gasteiger partial charge in [0.05, 0.1) is 6.61 Å². The molecule has 0 amide bonds. The van der Waals surface area contributed by atoms with E-state index in [1.165, 1.54) is 32.1 Å². The minimum atomic E-state index is -0.757. The maximum absolute atomic E-state index is 11.1. The SMILES string of the molecule is COCC(C(=O)O)N1CC2(CCCCC2)C1. The number of methoxy groups -OCH3 is 1. The summed E-state index contributed by atoms with van der Waals surface area (Å²) in [6, 6.07) is -0.447. The number of aliphatic carboxylic acids is 1. The van der Waals surface area contributed by atoms with Crippen LogP contribution in [0.15, 0.2) is 0 Å². The molecule has 0 aromatic carbocycles. The first-order valence-electron chi connectivity index (χ1n) is 6.13. The molecular formula is C12H21NO3. The number of ether oxygens (including phenoxy) is 1. The van der Waals surface area contributed by atoms with Crippen LogP contribution < -0.4 is 0 Å². The van der Waals surface area contributed by atoms with Crippen LogP contribution in [0.2, 0.25) is 0 Å². The summed E-state index contributed by atoms with van der Waals surface area (Å²) < 4.78 is 4.98. The summed E-state index contributed by atoms with van der Waals surface area (Å²) in [6.07, 6.45) is 6.54. The average Bonchev–Trinajstić information content (AvgIpc) is 2.23. The van der Waals surface area contributed by atoms with Crippen molar-refractivity contribution in [1.82, 2.24) is 4.90 Å². The number of nitrogens with zero attached hydrogens (tertiary/aromatic N) is 1. The highest BCUT2D eigenvalue weighted by Gasteiger charge is 2.47. The van der Waals surface area contributed by atoms with Crippen LogP contribution in [0.4, 0.5) is 0 Å². The van der Waals surface area contributed by atoms with Crippen molar-refractivity contribution >= 4 is 5.97 Å². The topological polar surface area (TPSA) is 49.8 Å². The quantitative estimate of drug-likeness (QED) is 0.787. The first-order chi connectivity index (χ1) is 7.67. The Balaban J connectivity index is 1.87. The third-order valence-corrected chi connectivity index (χ3v) is 4.04. The first-order valence-corrected chi connectivity index (χ1v) is 6.13. The number of carboxylic acid groups (broad SMARTS) is 1. The van der Waals surface area contributed by atoms with Gasteiger partial charge in [-0.05, 0) is 18.3 Å². The van der Waals surface area contributed by atoms with E-state index in [4.69, 9.17) is 9.84 Å². The number of rotatable bonds is 4. The Morgan fingerprint density at radius 1 is 1.38 bits per heavy atom. The molecule has 0 aromatic rings. The van der Waals surface area contributed by atoms with E-state index >= 15 is 0 Å². The molecule has 0 radical (unpaired) electrons. The van der Waals surface area contributed by atoms with Crippen molar-refractivity contribution in [2.24, 2.45) is 5.41 Å². The molecule has 16 heavy (non-hydrogen) atoms. The van der Waals surface area contributed by atoms with E-state index in [1.54, 1.807) is 7.11 Å². The van der Waals surface area contributed by atoms with E-state index in [1.807, 2.05) is 0 Å². The Hall–Kier alpha value is -0.610. The van der Waals surface area contributed by atoms with Crippen molar-refractivity contribution in [3.05, 3.63) is 0 Å². The molecule has 1 heterocycles. The van der Waals surface area contributed by atoms with Crippen molar-refractivity contribution in [3.8, 4) is 0 Å². The summed E-state index contributed by atoms with van der Waals surface area (Å²) in [4.78, 5) is 13.1. The van der Waals surface area contributed by atoms with Gasteiger partial charge in [-0.25, -0.2) is 0 Å². The lowest BCUT2D eigenvalue weighted by atomic mass is 9.68. The average molecular weight is 227 g/mol. The van der Waals surface area contributed by atoms with Crippen molar-refractivity contribution in [2.75, 3.05) is 26.8 Å². The van der Waals surface area contributed by atoms with Gasteiger partial charge in [0.15, 0.2) is 0 Å². The molecule has 1 spiro atoms. The highest BCUT2D eigenvalue weighted by atomic mass is 16.5. The van der Waals surface area contributed by atoms with Crippen molar-refractivity contribution in [2.45, 2.75) is 38.1 Å². The molecule has 0 bridgehead atoms. The molecule has 1 N–H and O–H groups in total. The molecule has 1 saturated carbocycles. The van der Waals surface area contributed by atoms with Crippen LogP contribution in [0, 0.1) is 5.41 Å². The fraction of sp³-hybridized carbons (Fsp3) is 0.917. The number of hydrogen-bond acceptors (Lipinski definition) is 3. The third-order valence-electron chi connectivity index (χ3n) is 4.04. The van der Waals surface area contributed by atoms with Crippen LogP contribution in [-0.2, 0) is 9.53 Å². The Labute approximate surface area is 96.6 Å². The van der Waals surface area contributed by atoms with Gasteiger partial charge in [-0.3, -0.25) is 9.69 Å². The molecule has 2 rings (SSSR count). The molecule has 1 aliphatic heterocycles. The van der Waals surface area contributed by atoms with Gasteiger partial charge >= 0.3 is 5.97 Å². The van der Waals surface area contributed by atoms with Crippen molar-refractivity contribution in [3.63, 3.8) is 0 Å². The van der Waals surface area contributed by atoms with Crippen LogP contribution in [0.5, 0.6) is 0 Å². The predicted molar refractivity (Wildman–Crippen MR) is 60.4 cm³/mol. The predicted octanol–water partition coefficient (Wildman–Crippen LogP) is 1.35. The Morgan fingerprint density at radius 3 is 2.50 bits per heavy atom. The molecular weight excluding hydrogens is 206 g/mol. The lowest BCUT2D eigenvalue weighted by molar-refractivity contribution is -0.154. The first kappa shape index (κ1) is 11.9. The summed E-state index contributed by atoms with van der Waals surface area (Å²) in [5.41, 5.74) is 0.444. The van der Waals surface area contributed by atoms with Crippen LogP contribution in [-0.4, -0.2) is 48.8 Å². The number of likely N-dealkylation sites (tertiary alicyclic amines) is 1. The molecule has 0 aromatic heterocycles. The smallest absolute Gasteiger partial charge is 0.323 e. The van der Waals surface area contributed by atoms with Gasteiger partial charge < -0.3 is 9.84 Å². The maximum Gasteiger partial charge on any atom is 0.323 e. The van der Waals surface area contributed by atoms with Crippen LogP contribution in [0.25, 0.3) is 0 Å². The minimum absolute atomic E-state index is 0.297. The lowest BCUT2D eigenvalue weighted by Gasteiger charge is -2.54. The van der Waals surface area contributed by atoms with Gasteiger partial charge in [-0.15, -0.1) is 0 Å². The van der Waals surface area contributed by atoms with Crippen LogP contribution in [0.1, 0.15) is 32.1 Å². The molecule has 1 unspecified atom stereocenters. The highest BCUT2D eigenvalue weighted by Crippen LogP contribution is 2.44. The van der Waals surface area contributed by atoms with Gasteiger partial charge in [0.1, 0.15) is 6.04 Å². The maximum atomic E-state index is 11.1. The van der Waals surface area contributed by atoms with E-state index in [0.717, 1.165) is 13.1 Å². The van der Waals surface area contributed by atoms with Gasteiger partial charge in [-0.2, -0.15) is 0 Å². The van der Waals surface area contributed by atoms with Gasteiger partial charge in [0, 0.05) is 20.2 Å². The Morgan fingerprint density at radius 2 is 2.00 bits per heavy atom. The standard InChI is InChI=1S/C12H21NO3/c1-16-7-10(11(14)15)13-8-12(9-13)5-3-2-4-6-12/h10H,2-9H2,1H3,(H,14,15). The molecule has 4 heteroatoms. The van der Waals surface area contributed by atoms with Crippen LogP contribution in [0.3, 0.4) is 0 Å². The Bertz CT molecular complexity index is 253. The molecule has 4 nitrogen and oxygen atoms in total. The molecule has 1 saturated heterocycles. The monoisotopic (exact) mass is 227 g/mol. The van der Waals surface area contributed by atoms with E-state index in [0.29, 0.717) is 12.0 Å². The van der Waals surface area contributed by atoms with Crippen molar-refractivity contribution in [1.29, 1.82) is 0 Å². The summed E-state index contributed by atoms with van der Waals surface area (Å²) in [5, 5.41) is 9.10. The second-order valence-electron chi connectivity index (χ2n) is 5.28. The zero-order valence-electron chi connectivity index (χ0n) is 9.95. The molecule has 1 aliphatic carbocycles.